The SMILES string of the molecule is CC(C)(C)CC1(C)OCCO1. The van der Waals surface area contributed by atoms with Crippen molar-refractivity contribution in [1.82, 2.24) is 0 Å². The van der Waals surface area contributed by atoms with E-state index in [2.05, 4.69) is 20.8 Å². The van der Waals surface area contributed by atoms with Gasteiger partial charge in [0.25, 0.3) is 0 Å². The van der Waals surface area contributed by atoms with Gasteiger partial charge in [0, 0.05) is 6.42 Å². The highest BCUT2D eigenvalue weighted by Crippen LogP contribution is 2.32. The van der Waals surface area contributed by atoms with E-state index >= 15 is 0 Å². The quantitative estimate of drug-likeness (QED) is 0.582. The number of ether oxygens (including phenoxy) is 2. The van der Waals surface area contributed by atoms with E-state index in [9.17, 15) is 0 Å². The largest absolute Gasteiger partial charge is 0.348 e. The fraction of sp³-hybridized carbons (Fsp3) is 1.00. The molecule has 2 heteroatoms. The van der Waals surface area contributed by atoms with Gasteiger partial charge in [-0.05, 0) is 12.3 Å². The molecule has 0 bridgehead atoms. The molecular weight excluding hydrogens is 140 g/mol. The molecule has 1 saturated heterocycles. The van der Waals surface area contributed by atoms with Gasteiger partial charge in [-0.1, -0.05) is 20.8 Å². The average Bonchev–Trinajstić information content (AvgIpc) is 2.09. The minimum atomic E-state index is -0.321. The first kappa shape index (κ1) is 9.01. The maximum absolute atomic E-state index is 5.49. The fourth-order valence-corrected chi connectivity index (χ4v) is 1.62. The Morgan fingerprint density at radius 3 is 2.00 bits per heavy atom. The van der Waals surface area contributed by atoms with Crippen molar-refractivity contribution in [2.24, 2.45) is 5.41 Å². The van der Waals surface area contributed by atoms with E-state index in [4.69, 9.17) is 9.47 Å². The zero-order chi connectivity index (χ0) is 8.54. The molecule has 0 radical (unpaired) electrons. The molecule has 0 amide bonds. The van der Waals surface area contributed by atoms with E-state index < -0.39 is 0 Å². The molecule has 0 N–H and O–H groups in total. The molecule has 0 aromatic rings. The Morgan fingerprint density at radius 1 is 1.18 bits per heavy atom. The van der Waals surface area contributed by atoms with Crippen LogP contribution in [0.1, 0.15) is 34.1 Å². The van der Waals surface area contributed by atoms with Crippen molar-refractivity contribution in [2.45, 2.75) is 39.9 Å². The molecule has 1 fully saturated rings. The third-order valence-electron chi connectivity index (χ3n) is 1.75. The van der Waals surface area contributed by atoms with Gasteiger partial charge in [-0.2, -0.15) is 0 Å². The minimum Gasteiger partial charge on any atom is -0.348 e. The summed E-state index contributed by atoms with van der Waals surface area (Å²) in [5, 5.41) is 0. The third-order valence-corrected chi connectivity index (χ3v) is 1.75. The van der Waals surface area contributed by atoms with E-state index in [1.165, 1.54) is 0 Å². The Hall–Kier alpha value is -0.0800. The van der Waals surface area contributed by atoms with Crippen LogP contribution in [0.2, 0.25) is 0 Å². The molecule has 0 aromatic carbocycles. The van der Waals surface area contributed by atoms with Crippen molar-refractivity contribution in [3.05, 3.63) is 0 Å². The van der Waals surface area contributed by atoms with Gasteiger partial charge in [0.05, 0.1) is 13.2 Å². The Bertz CT molecular complexity index is 129. The van der Waals surface area contributed by atoms with Gasteiger partial charge >= 0.3 is 0 Å². The molecular formula is C9H18O2. The molecule has 0 aliphatic carbocycles. The van der Waals surface area contributed by atoms with Crippen molar-refractivity contribution in [3.8, 4) is 0 Å². The Labute approximate surface area is 68.9 Å². The maximum Gasteiger partial charge on any atom is 0.166 e. The average molecular weight is 158 g/mol. The highest BCUT2D eigenvalue weighted by atomic mass is 16.7. The monoisotopic (exact) mass is 158 g/mol. The number of rotatable bonds is 1. The zero-order valence-corrected chi connectivity index (χ0v) is 7.94. The van der Waals surface area contributed by atoms with E-state index in [0.717, 1.165) is 19.6 Å². The van der Waals surface area contributed by atoms with E-state index in [0.29, 0.717) is 0 Å². The predicted octanol–water partition coefficient (Wildman–Crippen LogP) is 2.19. The van der Waals surface area contributed by atoms with Crippen LogP contribution in [0.15, 0.2) is 0 Å². The Kier molecular flexibility index (Phi) is 2.26. The molecule has 1 aliphatic heterocycles. The first-order valence-corrected chi connectivity index (χ1v) is 4.19. The lowest BCUT2D eigenvalue weighted by Gasteiger charge is -2.30. The van der Waals surface area contributed by atoms with Gasteiger partial charge in [-0.15, -0.1) is 0 Å². The summed E-state index contributed by atoms with van der Waals surface area (Å²) in [4.78, 5) is 0. The van der Waals surface area contributed by atoms with Gasteiger partial charge in [0.1, 0.15) is 0 Å². The summed E-state index contributed by atoms with van der Waals surface area (Å²) in [5.41, 5.74) is 0.277. The first-order chi connectivity index (χ1) is 4.91. The van der Waals surface area contributed by atoms with Crippen LogP contribution in [0.25, 0.3) is 0 Å². The second kappa shape index (κ2) is 2.76. The normalized spacial score (nSPS) is 24.0. The predicted molar refractivity (Wildman–Crippen MR) is 44.4 cm³/mol. The summed E-state index contributed by atoms with van der Waals surface area (Å²) in [6.45, 7) is 10.1. The third kappa shape index (κ3) is 2.80. The standard InChI is InChI=1S/C9H18O2/c1-8(2,3)7-9(4)10-5-6-11-9/h5-7H2,1-4H3. The van der Waals surface area contributed by atoms with E-state index in [1.54, 1.807) is 0 Å². The summed E-state index contributed by atoms with van der Waals surface area (Å²) in [7, 11) is 0. The molecule has 0 aromatic heterocycles. The van der Waals surface area contributed by atoms with Crippen molar-refractivity contribution in [3.63, 3.8) is 0 Å². The molecule has 11 heavy (non-hydrogen) atoms. The summed E-state index contributed by atoms with van der Waals surface area (Å²) in [6.07, 6.45) is 0.958. The first-order valence-electron chi connectivity index (χ1n) is 4.19. The lowest BCUT2D eigenvalue weighted by molar-refractivity contribution is -0.161. The van der Waals surface area contributed by atoms with Gasteiger partial charge in [-0.25, -0.2) is 0 Å². The van der Waals surface area contributed by atoms with Crippen LogP contribution in [0, 0.1) is 5.41 Å². The van der Waals surface area contributed by atoms with Crippen LogP contribution in [0.4, 0.5) is 0 Å². The van der Waals surface area contributed by atoms with Crippen molar-refractivity contribution in [1.29, 1.82) is 0 Å². The molecule has 0 spiro atoms. The summed E-state index contributed by atoms with van der Waals surface area (Å²) in [5.74, 6) is -0.321. The molecule has 1 rings (SSSR count). The Morgan fingerprint density at radius 2 is 1.64 bits per heavy atom. The van der Waals surface area contributed by atoms with Gasteiger partial charge in [0.15, 0.2) is 5.79 Å². The highest BCUT2D eigenvalue weighted by molar-refractivity contribution is 4.75. The Balaban J connectivity index is 2.46. The molecule has 0 atom stereocenters. The minimum absolute atomic E-state index is 0.277. The van der Waals surface area contributed by atoms with Gasteiger partial charge in [-0.3, -0.25) is 0 Å². The van der Waals surface area contributed by atoms with Crippen LogP contribution in [0.3, 0.4) is 0 Å². The molecule has 1 aliphatic rings. The fourth-order valence-electron chi connectivity index (χ4n) is 1.62. The second-order valence-corrected chi connectivity index (χ2v) is 4.57. The highest BCUT2D eigenvalue weighted by Gasteiger charge is 2.35. The van der Waals surface area contributed by atoms with Crippen LogP contribution >= 0.6 is 0 Å². The van der Waals surface area contributed by atoms with Crippen molar-refractivity contribution < 1.29 is 9.47 Å². The van der Waals surface area contributed by atoms with E-state index in [1.807, 2.05) is 6.92 Å². The lowest BCUT2D eigenvalue weighted by atomic mass is 9.88. The van der Waals surface area contributed by atoms with Crippen LogP contribution in [-0.2, 0) is 9.47 Å². The molecule has 66 valence electrons. The van der Waals surface area contributed by atoms with Crippen molar-refractivity contribution >= 4 is 0 Å². The van der Waals surface area contributed by atoms with Crippen LogP contribution in [-0.4, -0.2) is 19.0 Å². The summed E-state index contributed by atoms with van der Waals surface area (Å²) in [6, 6.07) is 0. The van der Waals surface area contributed by atoms with Gasteiger partial charge < -0.3 is 9.47 Å². The smallest absolute Gasteiger partial charge is 0.166 e. The number of hydrogen-bond donors (Lipinski definition) is 0. The summed E-state index contributed by atoms with van der Waals surface area (Å²) >= 11 is 0. The molecule has 0 saturated carbocycles. The van der Waals surface area contributed by atoms with Crippen molar-refractivity contribution in [2.75, 3.05) is 13.2 Å². The van der Waals surface area contributed by atoms with Crippen LogP contribution < -0.4 is 0 Å². The second-order valence-electron chi connectivity index (χ2n) is 4.57. The van der Waals surface area contributed by atoms with Crippen LogP contribution in [0.5, 0.6) is 0 Å². The zero-order valence-electron chi connectivity index (χ0n) is 7.94. The molecule has 2 nitrogen and oxygen atoms in total. The maximum atomic E-state index is 5.49. The molecule has 0 unspecified atom stereocenters. The molecule has 1 heterocycles. The van der Waals surface area contributed by atoms with Gasteiger partial charge in [0.2, 0.25) is 0 Å². The number of hydrogen-bond acceptors (Lipinski definition) is 2. The topological polar surface area (TPSA) is 18.5 Å². The lowest BCUT2D eigenvalue weighted by Crippen LogP contribution is -2.31. The van der Waals surface area contributed by atoms with E-state index in [-0.39, 0.29) is 11.2 Å². The summed E-state index contributed by atoms with van der Waals surface area (Å²) < 4.78 is 11.0.